The minimum atomic E-state index is 0.252. The second-order valence-electron chi connectivity index (χ2n) is 5.08. The zero-order valence-electron chi connectivity index (χ0n) is 11.5. The van der Waals surface area contributed by atoms with E-state index in [0.29, 0.717) is 6.04 Å². The Labute approximate surface area is 117 Å². The molecule has 0 bridgehead atoms. The van der Waals surface area contributed by atoms with Gasteiger partial charge in [-0.25, -0.2) is 0 Å². The summed E-state index contributed by atoms with van der Waals surface area (Å²) in [5.74, 6) is 1.74. The van der Waals surface area contributed by atoms with Crippen molar-refractivity contribution in [1.29, 1.82) is 0 Å². The van der Waals surface area contributed by atoms with Crippen LogP contribution in [0.15, 0.2) is 24.3 Å². The van der Waals surface area contributed by atoms with Crippen molar-refractivity contribution in [2.45, 2.75) is 18.9 Å². The van der Waals surface area contributed by atoms with E-state index in [1.807, 2.05) is 19.2 Å². The molecule has 20 heavy (non-hydrogen) atoms. The molecule has 1 aliphatic rings. The standard InChI is InChI=1S/C14H19N5O/c1-15-11-6-8-19(9-7-11)14-16-13(17-18-14)10-2-4-12(20)5-3-10/h2-5,11,15,20H,6-9H2,1H3,(H,16,17,18). The van der Waals surface area contributed by atoms with E-state index in [4.69, 9.17) is 0 Å². The summed E-state index contributed by atoms with van der Waals surface area (Å²) < 4.78 is 0. The number of aromatic amines is 1. The second-order valence-corrected chi connectivity index (χ2v) is 5.08. The highest BCUT2D eigenvalue weighted by molar-refractivity contribution is 5.57. The maximum Gasteiger partial charge on any atom is 0.245 e. The van der Waals surface area contributed by atoms with E-state index in [1.165, 1.54) is 0 Å². The maximum absolute atomic E-state index is 9.30. The fourth-order valence-electron chi connectivity index (χ4n) is 2.51. The molecule has 0 atom stereocenters. The Hall–Kier alpha value is -2.08. The number of nitrogens with one attached hydrogen (secondary N) is 2. The predicted octanol–water partition coefficient (Wildman–Crippen LogP) is 1.37. The lowest BCUT2D eigenvalue weighted by molar-refractivity contribution is 0.439. The van der Waals surface area contributed by atoms with Crippen LogP contribution in [0, 0.1) is 0 Å². The van der Waals surface area contributed by atoms with Gasteiger partial charge in [0.2, 0.25) is 5.95 Å². The van der Waals surface area contributed by atoms with Gasteiger partial charge in [0.25, 0.3) is 0 Å². The van der Waals surface area contributed by atoms with E-state index in [9.17, 15) is 5.11 Å². The molecule has 2 aromatic rings. The number of hydrogen-bond donors (Lipinski definition) is 3. The average Bonchev–Trinajstić information content (AvgIpc) is 2.98. The van der Waals surface area contributed by atoms with Gasteiger partial charge in [-0.05, 0) is 44.2 Å². The number of aromatic nitrogens is 3. The van der Waals surface area contributed by atoms with Crippen LogP contribution in [0.3, 0.4) is 0 Å². The van der Waals surface area contributed by atoms with E-state index < -0.39 is 0 Å². The number of rotatable bonds is 3. The number of piperidine rings is 1. The van der Waals surface area contributed by atoms with Crippen molar-refractivity contribution in [3.63, 3.8) is 0 Å². The molecule has 0 amide bonds. The number of aromatic hydroxyl groups is 1. The van der Waals surface area contributed by atoms with Crippen molar-refractivity contribution >= 4 is 5.95 Å². The lowest BCUT2D eigenvalue weighted by atomic mass is 10.1. The van der Waals surface area contributed by atoms with Gasteiger partial charge in [0, 0.05) is 24.7 Å². The Morgan fingerprint density at radius 2 is 1.95 bits per heavy atom. The van der Waals surface area contributed by atoms with Gasteiger partial charge in [-0.3, -0.25) is 5.10 Å². The third-order valence-electron chi connectivity index (χ3n) is 3.80. The molecule has 1 aliphatic heterocycles. The fourth-order valence-corrected chi connectivity index (χ4v) is 2.51. The smallest absolute Gasteiger partial charge is 0.245 e. The molecule has 0 unspecified atom stereocenters. The van der Waals surface area contributed by atoms with Crippen LogP contribution in [0.1, 0.15) is 12.8 Å². The highest BCUT2D eigenvalue weighted by Gasteiger charge is 2.20. The lowest BCUT2D eigenvalue weighted by Crippen LogP contribution is -2.41. The molecule has 6 nitrogen and oxygen atoms in total. The van der Waals surface area contributed by atoms with Crippen molar-refractivity contribution in [1.82, 2.24) is 20.5 Å². The van der Waals surface area contributed by atoms with Crippen LogP contribution in [0.4, 0.5) is 5.95 Å². The van der Waals surface area contributed by atoms with Crippen molar-refractivity contribution in [2.75, 3.05) is 25.0 Å². The fraction of sp³-hybridized carbons (Fsp3) is 0.429. The van der Waals surface area contributed by atoms with Gasteiger partial charge in [0.1, 0.15) is 5.75 Å². The number of H-pyrrole nitrogens is 1. The van der Waals surface area contributed by atoms with Gasteiger partial charge in [0.15, 0.2) is 5.82 Å². The number of phenolic OH excluding ortho intramolecular Hbond substituents is 1. The Morgan fingerprint density at radius 3 is 2.60 bits per heavy atom. The second kappa shape index (κ2) is 5.50. The quantitative estimate of drug-likeness (QED) is 0.787. The first-order valence-electron chi connectivity index (χ1n) is 6.90. The van der Waals surface area contributed by atoms with Crippen LogP contribution in [0.5, 0.6) is 5.75 Å². The maximum atomic E-state index is 9.30. The summed E-state index contributed by atoms with van der Waals surface area (Å²) in [5.41, 5.74) is 0.923. The van der Waals surface area contributed by atoms with E-state index >= 15 is 0 Å². The third kappa shape index (κ3) is 2.60. The molecule has 106 valence electrons. The first kappa shape index (κ1) is 12.9. The molecule has 1 aromatic carbocycles. The van der Waals surface area contributed by atoms with Crippen LogP contribution in [0.2, 0.25) is 0 Å². The average molecular weight is 273 g/mol. The zero-order chi connectivity index (χ0) is 13.9. The monoisotopic (exact) mass is 273 g/mol. The van der Waals surface area contributed by atoms with E-state index in [-0.39, 0.29) is 5.75 Å². The van der Waals surface area contributed by atoms with Crippen molar-refractivity contribution in [3.8, 4) is 17.1 Å². The minimum absolute atomic E-state index is 0.252. The topological polar surface area (TPSA) is 77.1 Å². The Kier molecular flexibility index (Phi) is 3.56. The largest absolute Gasteiger partial charge is 0.508 e. The molecular formula is C14H19N5O. The van der Waals surface area contributed by atoms with E-state index in [0.717, 1.165) is 43.3 Å². The number of nitrogens with zero attached hydrogens (tertiary/aromatic N) is 3. The molecule has 3 N–H and O–H groups in total. The Bertz CT molecular complexity index is 557. The van der Waals surface area contributed by atoms with Gasteiger partial charge in [-0.1, -0.05) is 0 Å². The summed E-state index contributed by atoms with van der Waals surface area (Å²) in [6.45, 7) is 1.94. The van der Waals surface area contributed by atoms with Crippen LogP contribution >= 0.6 is 0 Å². The molecule has 1 fully saturated rings. The number of anilines is 1. The molecule has 0 aliphatic carbocycles. The Balaban J connectivity index is 1.72. The van der Waals surface area contributed by atoms with Crippen LogP contribution < -0.4 is 10.2 Å². The highest BCUT2D eigenvalue weighted by Crippen LogP contribution is 2.22. The molecule has 0 radical (unpaired) electrons. The summed E-state index contributed by atoms with van der Waals surface area (Å²) in [7, 11) is 2.01. The first-order chi connectivity index (χ1) is 9.76. The van der Waals surface area contributed by atoms with Gasteiger partial charge in [0.05, 0.1) is 0 Å². The van der Waals surface area contributed by atoms with Crippen molar-refractivity contribution in [3.05, 3.63) is 24.3 Å². The minimum Gasteiger partial charge on any atom is -0.508 e. The third-order valence-corrected chi connectivity index (χ3v) is 3.80. The summed E-state index contributed by atoms with van der Waals surface area (Å²) in [4.78, 5) is 6.74. The zero-order valence-corrected chi connectivity index (χ0v) is 11.5. The summed E-state index contributed by atoms with van der Waals surface area (Å²) in [6.07, 6.45) is 2.22. The van der Waals surface area contributed by atoms with Crippen LogP contribution in [0.25, 0.3) is 11.4 Å². The molecule has 2 heterocycles. The summed E-state index contributed by atoms with van der Waals surface area (Å²) >= 11 is 0. The Morgan fingerprint density at radius 1 is 1.25 bits per heavy atom. The van der Waals surface area contributed by atoms with Gasteiger partial charge >= 0.3 is 0 Å². The van der Waals surface area contributed by atoms with Crippen LogP contribution in [-0.2, 0) is 0 Å². The van der Waals surface area contributed by atoms with Crippen molar-refractivity contribution < 1.29 is 5.11 Å². The molecular weight excluding hydrogens is 254 g/mol. The molecule has 0 saturated carbocycles. The van der Waals surface area contributed by atoms with E-state index in [2.05, 4.69) is 25.4 Å². The molecule has 0 spiro atoms. The summed E-state index contributed by atoms with van der Waals surface area (Å²) in [6, 6.07) is 7.55. The SMILES string of the molecule is CNC1CCN(c2n[nH]c(-c3ccc(O)cc3)n2)CC1. The number of hydrogen-bond acceptors (Lipinski definition) is 5. The molecule has 1 aromatic heterocycles. The van der Waals surface area contributed by atoms with Gasteiger partial charge in [-0.15, -0.1) is 5.10 Å². The van der Waals surface area contributed by atoms with Gasteiger partial charge < -0.3 is 15.3 Å². The lowest BCUT2D eigenvalue weighted by Gasteiger charge is -2.30. The molecule has 6 heteroatoms. The first-order valence-corrected chi connectivity index (χ1v) is 6.90. The molecule has 3 rings (SSSR count). The van der Waals surface area contributed by atoms with E-state index in [1.54, 1.807) is 12.1 Å². The van der Waals surface area contributed by atoms with Gasteiger partial charge in [-0.2, -0.15) is 4.98 Å². The normalized spacial score (nSPS) is 16.6. The van der Waals surface area contributed by atoms with Crippen molar-refractivity contribution in [2.24, 2.45) is 0 Å². The highest BCUT2D eigenvalue weighted by atomic mass is 16.3. The van der Waals surface area contributed by atoms with Crippen LogP contribution in [-0.4, -0.2) is 46.5 Å². The molecule has 1 saturated heterocycles. The summed E-state index contributed by atoms with van der Waals surface area (Å²) in [5, 5.41) is 19.9. The predicted molar refractivity (Wildman–Crippen MR) is 77.8 cm³/mol. The number of phenols is 1. The number of benzene rings is 1.